The number of hydrogen-bond donors (Lipinski definition) is 0. The van der Waals surface area contributed by atoms with Gasteiger partial charge in [-0.3, -0.25) is 0 Å². The van der Waals surface area contributed by atoms with E-state index in [-0.39, 0.29) is 0 Å². The maximum absolute atomic E-state index is 7.50. The van der Waals surface area contributed by atoms with Crippen LogP contribution in [0.4, 0.5) is 0 Å². The van der Waals surface area contributed by atoms with Gasteiger partial charge in [0.25, 0.3) is 0 Å². The molecule has 0 unspecified atom stereocenters. The Kier molecular flexibility index (Phi) is 15.4. The zero-order valence-corrected chi connectivity index (χ0v) is 26.5. The summed E-state index contributed by atoms with van der Waals surface area (Å²) < 4.78 is 24.4. The van der Waals surface area contributed by atoms with Crippen LogP contribution in [0.3, 0.4) is 0 Å². The second-order valence-electron chi connectivity index (χ2n) is 8.50. The first kappa shape index (κ1) is 33.7. The molecule has 0 aliphatic carbocycles. The van der Waals surface area contributed by atoms with Gasteiger partial charge >= 0.3 is 105 Å². The van der Waals surface area contributed by atoms with Crippen LogP contribution in [0.15, 0.2) is 18.2 Å². The minimum atomic E-state index is -1.26. The molecule has 3 heterocycles. The summed E-state index contributed by atoms with van der Waals surface area (Å²) >= 11 is 1.40. The van der Waals surface area contributed by atoms with E-state index in [1.54, 1.807) is 0 Å². The van der Waals surface area contributed by atoms with Crippen molar-refractivity contribution in [1.82, 2.24) is 38.9 Å². The molecule has 0 saturated heterocycles. The van der Waals surface area contributed by atoms with Crippen molar-refractivity contribution < 1.29 is 28.5 Å². The molecule has 3 aromatic rings. The quantitative estimate of drug-likeness (QED) is 0.179. The van der Waals surface area contributed by atoms with Gasteiger partial charge in [-0.2, -0.15) is 0 Å². The molecule has 0 aromatic carbocycles. The Morgan fingerprint density at radius 1 is 0.750 bits per heavy atom. The summed E-state index contributed by atoms with van der Waals surface area (Å²) in [6, 6.07) is 6.28. The van der Waals surface area contributed by atoms with Gasteiger partial charge in [0.05, 0.1) is 17.1 Å². The molecule has 0 N–H and O–H groups in total. The van der Waals surface area contributed by atoms with Gasteiger partial charge in [-0.15, -0.1) is 0 Å². The monoisotopic (exact) mass is 680 g/mol. The average molecular weight is 680 g/mol. The van der Waals surface area contributed by atoms with E-state index in [4.69, 9.17) is 24.6 Å². The van der Waals surface area contributed by atoms with Crippen LogP contribution in [0.2, 0.25) is 0 Å². The van der Waals surface area contributed by atoms with Crippen molar-refractivity contribution in [3.8, 4) is 3.94 Å². The van der Waals surface area contributed by atoms with Crippen molar-refractivity contribution in [3.05, 3.63) is 65.7 Å². The van der Waals surface area contributed by atoms with E-state index in [2.05, 4.69) is 108 Å². The first-order chi connectivity index (χ1) is 17.0. The van der Waals surface area contributed by atoms with E-state index >= 15 is 0 Å². The van der Waals surface area contributed by atoms with Crippen LogP contribution in [0.5, 0.6) is 0 Å². The van der Waals surface area contributed by atoms with Gasteiger partial charge in [0.1, 0.15) is 0 Å². The number of nitrogens with zero attached hydrogens (tertiary/aromatic N) is 8. The van der Waals surface area contributed by atoms with E-state index in [0.29, 0.717) is 0 Å². The fourth-order valence-electron chi connectivity index (χ4n) is 3.91. The standard InChI is InChI=1S/C15H22BN6.C6H12N2P.2CO.W/c1-10-7-13(4)20(17-10)16(21-14(5)8-11(2)18-21)22-15(6)9-12(3)19-22;1-7(2)6(9-5)8(3)4;2*1-2;/h7-9,16H,1-6H3;1-4H3;;;/q-1;;;;+1. The second-order valence-corrected chi connectivity index (χ2v) is 11.3. The van der Waals surface area contributed by atoms with Gasteiger partial charge in [0.2, 0.25) is 0 Å². The molecule has 0 bridgehead atoms. The van der Waals surface area contributed by atoms with E-state index in [1.165, 1.54) is 32.9 Å². The van der Waals surface area contributed by atoms with Crippen molar-refractivity contribution in [2.24, 2.45) is 0 Å². The molecule has 0 saturated carbocycles. The Balaban J connectivity index is 0.000000742. The van der Waals surface area contributed by atoms with E-state index in [0.717, 1.165) is 34.2 Å². The predicted octanol–water partition coefficient (Wildman–Crippen LogP) is 2.32. The van der Waals surface area contributed by atoms with Crippen molar-refractivity contribution in [1.29, 1.82) is 0 Å². The maximum atomic E-state index is 7.50. The summed E-state index contributed by atoms with van der Waals surface area (Å²) in [6.07, 6.45) is 0. The van der Waals surface area contributed by atoms with Crippen molar-refractivity contribution in [3.63, 3.8) is 0 Å². The van der Waals surface area contributed by atoms with Crippen LogP contribution in [0, 0.1) is 58.8 Å². The van der Waals surface area contributed by atoms with Crippen LogP contribution in [0.25, 0.3) is 0 Å². The summed E-state index contributed by atoms with van der Waals surface area (Å²) in [5, 5.41) is 14.1. The zero-order chi connectivity index (χ0) is 28.2. The SMILES string of the molecule is CN(C)C(=P[C]#[W+])N(C)C.Cc1cc(C)n([BH-](n2nc(C)cc2C)n2nc(C)cc2C)n1.[C-]#[O+].[C-]#[O+]. The molecule has 13 heteroatoms. The van der Waals surface area contributed by atoms with Crippen LogP contribution in [-0.4, -0.2) is 79.7 Å². The minimum absolute atomic E-state index is 1.01. The summed E-state index contributed by atoms with van der Waals surface area (Å²) in [7, 11) is 8.13. The van der Waals surface area contributed by atoms with Gasteiger partial charge in [-0.1, -0.05) is 0 Å². The van der Waals surface area contributed by atoms with Gasteiger partial charge in [-0.25, -0.2) is 15.3 Å². The first-order valence-electron chi connectivity index (χ1n) is 10.9. The molecule has 0 atom stereocenters. The Morgan fingerprint density at radius 3 is 1.17 bits per heavy atom. The van der Waals surface area contributed by atoms with Crippen LogP contribution < -0.4 is 0 Å². The first-order valence-corrected chi connectivity index (χ1v) is 13.3. The number of aryl methyl sites for hydroxylation is 6. The Morgan fingerprint density at radius 2 is 1.03 bits per heavy atom. The van der Waals surface area contributed by atoms with Crippen molar-refractivity contribution in [2.75, 3.05) is 28.2 Å². The molecule has 0 aliphatic heterocycles. The summed E-state index contributed by atoms with van der Waals surface area (Å²) in [6.45, 7) is 21.3. The number of hydrogen-bond acceptors (Lipinski definition) is 3. The fourth-order valence-corrected chi connectivity index (χ4v) is 5.27. The van der Waals surface area contributed by atoms with Gasteiger partial charge < -0.3 is 13.8 Å². The number of aromatic nitrogens is 6. The van der Waals surface area contributed by atoms with E-state index in [1.807, 2.05) is 20.8 Å². The third kappa shape index (κ3) is 9.31. The van der Waals surface area contributed by atoms with Crippen LogP contribution in [0.1, 0.15) is 34.2 Å². The average Bonchev–Trinajstić information content (AvgIpc) is 3.45. The predicted molar refractivity (Wildman–Crippen MR) is 139 cm³/mol. The zero-order valence-electron chi connectivity index (χ0n) is 22.7. The Hall–Kier alpha value is -2.27. The van der Waals surface area contributed by atoms with E-state index < -0.39 is 7.12 Å². The molecule has 0 radical (unpaired) electrons. The molecule has 0 aliphatic rings. The van der Waals surface area contributed by atoms with Crippen molar-refractivity contribution >= 4 is 20.9 Å². The van der Waals surface area contributed by atoms with Crippen LogP contribution in [-0.2, 0) is 28.5 Å². The van der Waals surface area contributed by atoms with Crippen LogP contribution >= 0.6 is 8.20 Å². The van der Waals surface area contributed by atoms with Gasteiger partial charge in [-0.05, 0) is 76.8 Å². The molecule has 0 spiro atoms. The molecule has 0 amide bonds. The molecule has 3 rings (SSSR count). The second kappa shape index (κ2) is 16.5. The molecule has 3 aromatic heterocycles. The van der Waals surface area contributed by atoms with Gasteiger partial charge in [0, 0.05) is 0 Å². The fraction of sp³-hybridized carbons (Fsp3) is 0.435. The number of rotatable bonds is 5. The molecular weight excluding hydrogens is 646 g/mol. The Bertz CT molecular complexity index is 1110. The van der Waals surface area contributed by atoms with E-state index in [9.17, 15) is 0 Å². The summed E-state index contributed by atoms with van der Waals surface area (Å²) in [5.41, 5.74) is 7.68. The molecule has 10 nitrogen and oxygen atoms in total. The summed E-state index contributed by atoms with van der Waals surface area (Å²) in [4.78, 5) is 4.22. The Labute approximate surface area is 227 Å². The topological polar surface area (TPSA) is 99.7 Å². The molecular formula is C23H34BN8O2PW. The van der Waals surface area contributed by atoms with Gasteiger partial charge in [0.15, 0.2) is 0 Å². The third-order valence-electron chi connectivity index (χ3n) is 5.06. The normalized spacial score (nSPS) is 10.1. The third-order valence-corrected chi connectivity index (χ3v) is 7.13. The summed E-state index contributed by atoms with van der Waals surface area (Å²) in [5.74, 6) is 0. The molecule has 36 heavy (non-hydrogen) atoms. The van der Waals surface area contributed by atoms with Crippen molar-refractivity contribution in [2.45, 2.75) is 41.5 Å². The molecule has 192 valence electrons. The molecule has 0 fully saturated rings.